The van der Waals surface area contributed by atoms with Gasteiger partial charge in [0, 0.05) is 31.2 Å². The Morgan fingerprint density at radius 1 is 1.11 bits per heavy atom. The highest BCUT2D eigenvalue weighted by molar-refractivity contribution is 5.55. The number of rotatable bonds is 3. The Kier molecular flexibility index (Phi) is 3.79. The maximum atomic E-state index is 4.77. The molecule has 5 rings (SSSR count). The van der Waals surface area contributed by atoms with Crippen LogP contribution in [0.15, 0.2) is 42.7 Å². The first-order valence-corrected chi connectivity index (χ1v) is 8.96. The minimum Gasteiger partial charge on any atom is -0.311 e. The molecule has 0 atom stereocenters. The maximum absolute atomic E-state index is 4.77. The molecule has 4 aromatic rings. The number of nitrogens with zero attached hydrogens (tertiary/aromatic N) is 8. The molecule has 136 valence electrons. The van der Waals surface area contributed by atoms with Crippen molar-refractivity contribution >= 4 is 0 Å². The molecule has 9 heteroatoms. The summed E-state index contributed by atoms with van der Waals surface area (Å²) in [7, 11) is 0. The normalized spacial score (nSPS) is 14.1. The van der Waals surface area contributed by atoms with Gasteiger partial charge in [-0.3, -0.25) is 9.25 Å². The predicted octanol–water partition coefficient (Wildman–Crippen LogP) is 1.51. The fourth-order valence-electron chi connectivity index (χ4n) is 3.40. The zero-order chi connectivity index (χ0) is 18.2. The highest BCUT2D eigenvalue weighted by Crippen LogP contribution is 2.23. The van der Waals surface area contributed by atoms with Crippen molar-refractivity contribution in [2.24, 2.45) is 0 Å². The Balaban J connectivity index is 1.49. The van der Waals surface area contributed by atoms with Crippen molar-refractivity contribution in [3.63, 3.8) is 0 Å². The molecule has 1 aliphatic heterocycles. The van der Waals surface area contributed by atoms with Crippen LogP contribution >= 0.6 is 0 Å². The number of benzene rings is 1. The van der Waals surface area contributed by atoms with Gasteiger partial charge < -0.3 is 5.32 Å². The van der Waals surface area contributed by atoms with Crippen LogP contribution in [0.3, 0.4) is 0 Å². The van der Waals surface area contributed by atoms with Crippen molar-refractivity contribution in [1.82, 2.24) is 44.9 Å². The molecule has 1 N–H and O–H groups in total. The van der Waals surface area contributed by atoms with Gasteiger partial charge in [-0.05, 0) is 60.6 Å². The van der Waals surface area contributed by atoms with Crippen LogP contribution < -0.4 is 5.32 Å². The quantitative estimate of drug-likeness (QED) is 0.595. The van der Waals surface area contributed by atoms with Gasteiger partial charge in [0.15, 0.2) is 11.6 Å². The van der Waals surface area contributed by atoms with E-state index >= 15 is 0 Å². The summed E-state index contributed by atoms with van der Waals surface area (Å²) in [5.74, 6) is 1.58. The summed E-state index contributed by atoms with van der Waals surface area (Å²) in [6, 6.07) is 10.2. The van der Waals surface area contributed by atoms with E-state index in [4.69, 9.17) is 5.10 Å². The number of nitrogens with one attached hydrogen (secondary N) is 1. The van der Waals surface area contributed by atoms with Crippen molar-refractivity contribution in [3.05, 3.63) is 54.2 Å². The number of fused-ring (bicyclic) bond motifs is 1. The van der Waals surface area contributed by atoms with E-state index < -0.39 is 0 Å². The van der Waals surface area contributed by atoms with Gasteiger partial charge in [-0.15, -0.1) is 5.10 Å². The fourth-order valence-corrected chi connectivity index (χ4v) is 3.40. The van der Waals surface area contributed by atoms with Crippen LogP contribution in [0.5, 0.6) is 0 Å². The highest BCUT2D eigenvalue weighted by Gasteiger charge is 2.16. The zero-order valence-electron chi connectivity index (χ0n) is 14.9. The highest BCUT2D eigenvalue weighted by atomic mass is 15.5. The molecule has 1 aliphatic rings. The van der Waals surface area contributed by atoms with Crippen LogP contribution in [0.25, 0.3) is 22.9 Å². The van der Waals surface area contributed by atoms with E-state index in [0.29, 0.717) is 0 Å². The zero-order valence-corrected chi connectivity index (χ0v) is 14.9. The van der Waals surface area contributed by atoms with Crippen molar-refractivity contribution < 1.29 is 0 Å². The summed E-state index contributed by atoms with van der Waals surface area (Å²) in [6.45, 7) is 4.68. The van der Waals surface area contributed by atoms with E-state index in [1.165, 1.54) is 5.69 Å². The van der Waals surface area contributed by atoms with Gasteiger partial charge in [-0.2, -0.15) is 9.78 Å². The number of tetrazole rings is 1. The molecule has 0 saturated heterocycles. The van der Waals surface area contributed by atoms with Gasteiger partial charge >= 0.3 is 0 Å². The van der Waals surface area contributed by atoms with Crippen LogP contribution in [0.4, 0.5) is 0 Å². The lowest BCUT2D eigenvalue weighted by molar-refractivity contribution is 0.588. The minimum absolute atomic E-state index is 0.749. The fraction of sp³-hybridized carbons (Fsp3) is 0.278. The lowest BCUT2D eigenvalue weighted by atomic mass is 10.2. The van der Waals surface area contributed by atoms with E-state index in [1.54, 1.807) is 10.9 Å². The van der Waals surface area contributed by atoms with Crippen LogP contribution in [0.2, 0.25) is 0 Å². The summed E-state index contributed by atoms with van der Waals surface area (Å²) in [6.07, 6.45) is 4.84. The summed E-state index contributed by atoms with van der Waals surface area (Å²) < 4.78 is 5.84. The maximum Gasteiger partial charge on any atom is 0.165 e. The van der Waals surface area contributed by atoms with Gasteiger partial charge in [0.05, 0.1) is 11.4 Å². The number of hydrogen-bond donors (Lipinski definition) is 1. The van der Waals surface area contributed by atoms with Gasteiger partial charge in [0.1, 0.15) is 5.69 Å². The van der Waals surface area contributed by atoms with Crippen LogP contribution in [-0.4, -0.2) is 46.1 Å². The van der Waals surface area contributed by atoms with Crippen LogP contribution in [0.1, 0.15) is 17.9 Å². The van der Waals surface area contributed by atoms with Crippen molar-refractivity contribution in [1.29, 1.82) is 0 Å². The van der Waals surface area contributed by atoms with E-state index in [1.807, 2.05) is 42.0 Å². The molecule has 0 bridgehead atoms. The monoisotopic (exact) mass is 361 g/mol. The lowest BCUT2D eigenvalue weighted by Crippen LogP contribution is -2.11. The van der Waals surface area contributed by atoms with Gasteiger partial charge in [0.25, 0.3) is 0 Å². The van der Waals surface area contributed by atoms with E-state index in [0.717, 1.165) is 54.8 Å². The number of imidazole rings is 1. The molecule has 27 heavy (non-hydrogen) atoms. The standard InChI is InChI=1S/C18H19N9/c1-13-21-23-24-27(13)15-5-3-14(4-6-15)25-10-8-20-18(25)17-11-16-12-19-7-2-9-26(16)22-17/h3-6,8,10-11,19H,2,7,9,12H2,1H3. The number of aryl methyl sites for hydroxylation is 2. The second kappa shape index (κ2) is 6.44. The number of aromatic nitrogens is 8. The second-order valence-corrected chi connectivity index (χ2v) is 6.55. The molecule has 9 nitrogen and oxygen atoms in total. The van der Waals surface area contributed by atoms with Gasteiger partial charge in [-0.25, -0.2) is 4.98 Å². The molecule has 0 radical (unpaired) electrons. The predicted molar refractivity (Wildman–Crippen MR) is 98.6 cm³/mol. The third-order valence-corrected chi connectivity index (χ3v) is 4.76. The summed E-state index contributed by atoms with van der Waals surface area (Å²) >= 11 is 0. The molecular formula is C18H19N9. The topological polar surface area (TPSA) is 91.3 Å². The molecule has 0 saturated carbocycles. The first kappa shape index (κ1) is 15.9. The molecule has 0 amide bonds. The van der Waals surface area contributed by atoms with Crippen molar-refractivity contribution in [2.45, 2.75) is 26.4 Å². The van der Waals surface area contributed by atoms with Crippen LogP contribution in [-0.2, 0) is 13.1 Å². The molecule has 0 aliphatic carbocycles. The molecule has 0 spiro atoms. The summed E-state index contributed by atoms with van der Waals surface area (Å²) in [5, 5.41) is 19.8. The van der Waals surface area contributed by atoms with Crippen LogP contribution in [0, 0.1) is 6.92 Å². The second-order valence-electron chi connectivity index (χ2n) is 6.55. The van der Waals surface area contributed by atoms with E-state index in [9.17, 15) is 0 Å². The Hall–Kier alpha value is -3.33. The Bertz CT molecular complexity index is 1050. The van der Waals surface area contributed by atoms with Crippen molar-refractivity contribution in [3.8, 4) is 22.9 Å². The molecular weight excluding hydrogens is 342 g/mol. The molecule has 0 fully saturated rings. The first-order chi connectivity index (χ1) is 13.3. The average Bonchev–Trinajstić information content (AvgIpc) is 3.39. The summed E-state index contributed by atoms with van der Waals surface area (Å²) in [4.78, 5) is 4.55. The molecule has 1 aromatic carbocycles. The van der Waals surface area contributed by atoms with E-state index in [-0.39, 0.29) is 0 Å². The molecule has 3 aromatic heterocycles. The first-order valence-electron chi connectivity index (χ1n) is 8.96. The third kappa shape index (κ3) is 2.81. The average molecular weight is 361 g/mol. The minimum atomic E-state index is 0.749. The SMILES string of the molecule is Cc1nnnn1-c1ccc(-n2ccnc2-c2cc3n(n2)CCCNC3)cc1. The third-order valence-electron chi connectivity index (χ3n) is 4.76. The smallest absolute Gasteiger partial charge is 0.165 e. The molecule has 4 heterocycles. The van der Waals surface area contributed by atoms with E-state index in [2.05, 4.69) is 36.6 Å². The molecule has 0 unspecified atom stereocenters. The van der Waals surface area contributed by atoms with Gasteiger partial charge in [-0.1, -0.05) is 0 Å². The lowest BCUT2D eigenvalue weighted by Gasteiger charge is -2.08. The Morgan fingerprint density at radius 3 is 2.78 bits per heavy atom. The van der Waals surface area contributed by atoms with Crippen molar-refractivity contribution in [2.75, 3.05) is 6.54 Å². The number of hydrogen-bond acceptors (Lipinski definition) is 6. The largest absolute Gasteiger partial charge is 0.311 e. The van der Waals surface area contributed by atoms with Gasteiger partial charge in [0.2, 0.25) is 0 Å². The Labute approximate surface area is 155 Å². The Morgan fingerprint density at radius 2 is 1.96 bits per heavy atom. The summed E-state index contributed by atoms with van der Waals surface area (Å²) in [5.41, 5.74) is 4.02.